The van der Waals surface area contributed by atoms with Crippen LogP contribution in [-0.4, -0.2) is 29.4 Å². The van der Waals surface area contributed by atoms with Gasteiger partial charge in [-0.25, -0.2) is 0 Å². The monoisotopic (exact) mass is 546 g/mol. The Morgan fingerprint density at radius 2 is 1.37 bits per heavy atom. The van der Waals surface area contributed by atoms with E-state index in [0.29, 0.717) is 29.8 Å². The van der Waals surface area contributed by atoms with E-state index in [4.69, 9.17) is 4.74 Å². The van der Waals surface area contributed by atoms with Gasteiger partial charge in [0.15, 0.2) is 0 Å². The molecule has 4 aromatic carbocycles. The molecule has 0 aliphatic carbocycles. The zero-order valence-corrected chi connectivity index (χ0v) is 24.6. The Morgan fingerprint density at radius 1 is 0.805 bits per heavy atom. The second kappa shape index (κ2) is 13.2. The van der Waals surface area contributed by atoms with Crippen LogP contribution < -0.4 is 10.1 Å². The Hall–Kier alpha value is -3.89. The van der Waals surface area contributed by atoms with Crippen LogP contribution in [0.15, 0.2) is 109 Å². The molecule has 1 heterocycles. The van der Waals surface area contributed by atoms with Gasteiger partial charge in [0.1, 0.15) is 12.4 Å². The molecule has 1 amide bonds. The van der Waals surface area contributed by atoms with Crippen LogP contribution in [0.25, 0.3) is 0 Å². The van der Waals surface area contributed by atoms with Crippen molar-refractivity contribution in [3.63, 3.8) is 0 Å². The van der Waals surface area contributed by atoms with Crippen LogP contribution in [0.2, 0.25) is 0 Å². The molecule has 1 aliphatic heterocycles. The Kier molecular flexibility index (Phi) is 9.21. The number of ether oxygens (including phenoxy) is 1. The van der Waals surface area contributed by atoms with Gasteiger partial charge in [0.25, 0.3) is 5.91 Å². The first kappa shape index (κ1) is 28.6. The normalized spacial score (nSPS) is 14.6. The Labute approximate surface area is 245 Å². The first-order chi connectivity index (χ1) is 19.9. The van der Waals surface area contributed by atoms with Gasteiger partial charge in [-0.2, -0.15) is 0 Å². The summed E-state index contributed by atoms with van der Waals surface area (Å²) in [5, 5.41) is 3.12. The van der Waals surface area contributed by atoms with Gasteiger partial charge in [-0.05, 0) is 87.0 Å². The van der Waals surface area contributed by atoms with E-state index in [9.17, 15) is 4.79 Å². The molecule has 4 heteroatoms. The number of hydrogen-bond acceptors (Lipinski definition) is 3. The van der Waals surface area contributed by atoms with E-state index >= 15 is 0 Å². The minimum atomic E-state index is -0.334. The molecule has 0 aromatic heterocycles. The van der Waals surface area contributed by atoms with Crippen molar-refractivity contribution >= 4 is 5.91 Å². The number of piperidine rings is 1. The van der Waals surface area contributed by atoms with Crippen molar-refractivity contribution in [1.29, 1.82) is 0 Å². The number of nitrogens with one attached hydrogen (secondary N) is 1. The summed E-state index contributed by atoms with van der Waals surface area (Å²) in [6.07, 6.45) is 2.29. The van der Waals surface area contributed by atoms with Crippen LogP contribution in [0.3, 0.4) is 0 Å². The molecule has 0 spiro atoms. The average molecular weight is 547 g/mol. The first-order valence-electron chi connectivity index (χ1n) is 14.8. The van der Waals surface area contributed by atoms with Crippen molar-refractivity contribution in [3.8, 4) is 5.75 Å². The maximum atomic E-state index is 13.3. The van der Waals surface area contributed by atoms with Gasteiger partial charge in [0.2, 0.25) is 0 Å². The molecule has 1 fully saturated rings. The molecule has 212 valence electrons. The van der Waals surface area contributed by atoms with Crippen LogP contribution >= 0.6 is 0 Å². The number of rotatable bonds is 9. The number of likely N-dealkylation sites (tertiary alicyclic amines) is 1. The van der Waals surface area contributed by atoms with E-state index < -0.39 is 0 Å². The standard InChI is InChI=1S/C37H42N2O2/c1-37(2,3)38-36(40)33-25-29(19-20-34(33)41-27-28-13-7-4-8-14-28)26-39-23-21-32(22-24-39)35(30-15-9-5-10-16-30)31-17-11-6-12-18-31/h4-20,25,32,35H,21-24,26-27H2,1-3H3,(H,38,40). The molecular formula is C37H42N2O2. The van der Waals surface area contributed by atoms with Crippen molar-refractivity contribution in [2.24, 2.45) is 5.92 Å². The van der Waals surface area contributed by atoms with Crippen LogP contribution in [0.5, 0.6) is 5.75 Å². The van der Waals surface area contributed by atoms with E-state index in [1.54, 1.807) is 0 Å². The van der Waals surface area contributed by atoms with Gasteiger partial charge in [0.05, 0.1) is 5.56 Å². The van der Waals surface area contributed by atoms with Gasteiger partial charge in [0, 0.05) is 18.0 Å². The van der Waals surface area contributed by atoms with Gasteiger partial charge in [-0.1, -0.05) is 97.1 Å². The highest BCUT2D eigenvalue weighted by Crippen LogP contribution is 2.38. The first-order valence-corrected chi connectivity index (χ1v) is 14.8. The maximum absolute atomic E-state index is 13.3. The van der Waals surface area contributed by atoms with Gasteiger partial charge >= 0.3 is 0 Å². The van der Waals surface area contributed by atoms with Crippen molar-refractivity contribution < 1.29 is 9.53 Å². The molecule has 4 nitrogen and oxygen atoms in total. The summed E-state index contributed by atoms with van der Waals surface area (Å²) < 4.78 is 6.15. The van der Waals surface area contributed by atoms with E-state index in [0.717, 1.165) is 43.6 Å². The lowest BCUT2D eigenvalue weighted by Crippen LogP contribution is -2.40. The van der Waals surface area contributed by atoms with Crippen LogP contribution in [-0.2, 0) is 13.2 Å². The quantitative estimate of drug-likeness (QED) is 0.233. The number of carbonyl (C=O) groups is 1. The third-order valence-corrected chi connectivity index (χ3v) is 7.84. The number of carbonyl (C=O) groups excluding carboxylic acids is 1. The Bertz CT molecular complexity index is 1350. The molecule has 5 rings (SSSR count). The van der Waals surface area contributed by atoms with E-state index in [1.807, 2.05) is 63.2 Å². The summed E-state index contributed by atoms with van der Waals surface area (Å²) >= 11 is 0. The van der Waals surface area contributed by atoms with Gasteiger partial charge in [-0.15, -0.1) is 0 Å². The molecule has 0 saturated carbocycles. The molecule has 41 heavy (non-hydrogen) atoms. The fraction of sp³-hybridized carbons (Fsp3) is 0.324. The summed E-state index contributed by atoms with van der Waals surface area (Å²) in [4.78, 5) is 15.8. The van der Waals surface area contributed by atoms with Gasteiger partial charge < -0.3 is 10.1 Å². The Morgan fingerprint density at radius 3 is 1.93 bits per heavy atom. The van der Waals surface area contributed by atoms with Crippen molar-refractivity contribution in [1.82, 2.24) is 10.2 Å². The van der Waals surface area contributed by atoms with E-state index in [2.05, 4.69) is 76.9 Å². The highest BCUT2D eigenvalue weighted by Gasteiger charge is 2.29. The number of benzene rings is 4. The smallest absolute Gasteiger partial charge is 0.255 e. The fourth-order valence-electron chi connectivity index (χ4n) is 5.88. The van der Waals surface area contributed by atoms with Crippen LogP contribution in [0.4, 0.5) is 0 Å². The van der Waals surface area contributed by atoms with E-state index in [-0.39, 0.29) is 11.4 Å². The molecule has 0 unspecified atom stereocenters. The van der Waals surface area contributed by atoms with Crippen LogP contribution in [0.1, 0.15) is 72.1 Å². The lowest BCUT2D eigenvalue weighted by molar-refractivity contribution is 0.0914. The second-order valence-corrected chi connectivity index (χ2v) is 12.2. The van der Waals surface area contributed by atoms with Crippen molar-refractivity contribution in [2.45, 2.75) is 58.2 Å². The fourth-order valence-corrected chi connectivity index (χ4v) is 5.88. The summed E-state index contributed by atoms with van der Waals surface area (Å²) in [5.74, 6) is 1.52. The summed E-state index contributed by atoms with van der Waals surface area (Å²) in [5.41, 5.74) is 5.27. The third kappa shape index (κ3) is 7.86. The van der Waals surface area contributed by atoms with E-state index in [1.165, 1.54) is 11.1 Å². The number of nitrogens with zero attached hydrogens (tertiary/aromatic N) is 1. The summed E-state index contributed by atoms with van der Waals surface area (Å²) in [6.45, 7) is 9.33. The molecule has 4 aromatic rings. The molecule has 1 aliphatic rings. The largest absolute Gasteiger partial charge is 0.488 e. The van der Waals surface area contributed by atoms with Crippen molar-refractivity contribution in [3.05, 3.63) is 137 Å². The minimum Gasteiger partial charge on any atom is -0.488 e. The maximum Gasteiger partial charge on any atom is 0.255 e. The topological polar surface area (TPSA) is 41.6 Å². The lowest BCUT2D eigenvalue weighted by atomic mass is 9.76. The highest BCUT2D eigenvalue weighted by molar-refractivity contribution is 5.97. The second-order valence-electron chi connectivity index (χ2n) is 12.2. The highest BCUT2D eigenvalue weighted by atomic mass is 16.5. The Balaban J connectivity index is 1.28. The molecule has 0 atom stereocenters. The summed E-state index contributed by atoms with van der Waals surface area (Å²) in [6, 6.07) is 38.1. The third-order valence-electron chi connectivity index (χ3n) is 7.84. The summed E-state index contributed by atoms with van der Waals surface area (Å²) in [7, 11) is 0. The number of hydrogen-bond donors (Lipinski definition) is 1. The predicted molar refractivity (Wildman–Crippen MR) is 167 cm³/mol. The molecule has 0 bridgehead atoms. The predicted octanol–water partition coefficient (Wildman–Crippen LogP) is 7.84. The zero-order chi connectivity index (χ0) is 28.7. The number of amides is 1. The van der Waals surface area contributed by atoms with Crippen LogP contribution in [0, 0.1) is 5.92 Å². The van der Waals surface area contributed by atoms with Gasteiger partial charge in [-0.3, -0.25) is 9.69 Å². The van der Waals surface area contributed by atoms with Crippen molar-refractivity contribution in [2.75, 3.05) is 13.1 Å². The molecule has 1 N–H and O–H groups in total. The molecule has 1 saturated heterocycles. The average Bonchev–Trinajstić information content (AvgIpc) is 2.98. The SMILES string of the molecule is CC(C)(C)NC(=O)c1cc(CN2CCC(C(c3ccccc3)c3ccccc3)CC2)ccc1OCc1ccccc1. The molecular weight excluding hydrogens is 504 g/mol. The zero-order valence-electron chi connectivity index (χ0n) is 24.6. The lowest BCUT2D eigenvalue weighted by Gasteiger charge is -2.36. The minimum absolute atomic E-state index is 0.102. The molecule has 0 radical (unpaired) electrons.